The van der Waals surface area contributed by atoms with Crippen molar-refractivity contribution in [2.24, 2.45) is 7.05 Å². The summed E-state index contributed by atoms with van der Waals surface area (Å²) in [6, 6.07) is 6.70. The van der Waals surface area contributed by atoms with E-state index in [0.29, 0.717) is 18.2 Å². The number of amides is 2. The van der Waals surface area contributed by atoms with E-state index in [1.807, 2.05) is 5.32 Å². The van der Waals surface area contributed by atoms with Gasteiger partial charge in [-0.2, -0.15) is 44.5 Å². The van der Waals surface area contributed by atoms with Gasteiger partial charge in [-0.1, -0.05) is 6.07 Å². The van der Waals surface area contributed by atoms with Crippen molar-refractivity contribution in [1.82, 2.24) is 19.9 Å². The van der Waals surface area contributed by atoms with Gasteiger partial charge in [-0.3, -0.25) is 14.2 Å². The van der Waals surface area contributed by atoms with E-state index in [4.69, 9.17) is 4.74 Å². The van der Waals surface area contributed by atoms with Gasteiger partial charge in [0.1, 0.15) is 17.5 Å². The maximum Gasteiger partial charge on any atom is 0.418 e. The van der Waals surface area contributed by atoms with Crippen LogP contribution in [0.4, 0.5) is 65.6 Å². The number of anilines is 3. The van der Waals surface area contributed by atoms with Crippen LogP contribution in [0.5, 0.6) is 5.88 Å². The molecule has 0 fully saturated rings. The Labute approximate surface area is 262 Å². The highest BCUT2D eigenvalue weighted by Crippen LogP contribution is 2.37. The summed E-state index contributed by atoms with van der Waals surface area (Å²) in [4.78, 5) is 32.7. The zero-order chi connectivity index (χ0) is 35.6. The number of fused-ring (bicyclic) bond motifs is 1. The molecule has 258 valence electrons. The Kier molecular flexibility index (Phi) is 10.0. The minimum atomic E-state index is -4.94. The molecule has 2 heterocycles. The van der Waals surface area contributed by atoms with Gasteiger partial charge >= 0.3 is 18.5 Å². The molecule has 20 heteroatoms. The van der Waals surface area contributed by atoms with Gasteiger partial charge in [0.05, 0.1) is 16.8 Å². The van der Waals surface area contributed by atoms with Crippen LogP contribution in [0.3, 0.4) is 0 Å². The number of carbonyl (C=O) groups is 2. The molecule has 0 aliphatic heterocycles. The first kappa shape index (κ1) is 35.7. The van der Waals surface area contributed by atoms with Gasteiger partial charge in [0.25, 0.3) is 12.3 Å². The van der Waals surface area contributed by atoms with Crippen LogP contribution < -0.4 is 20.7 Å². The fourth-order valence-electron chi connectivity index (χ4n) is 4.18. The van der Waals surface area contributed by atoms with E-state index in [1.165, 1.54) is 7.05 Å². The Balaban J connectivity index is 1.68. The molecule has 0 aliphatic rings. The molecule has 0 saturated carbocycles. The predicted octanol–water partition coefficient (Wildman–Crippen LogP) is 7.21. The number of alkyl halides is 11. The number of benzene rings is 2. The van der Waals surface area contributed by atoms with Crippen molar-refractivity contribution in [2.45, 2.75) is 37.9 Å². The largest absolute Gasteiger partial charge is 0.471 e. The number of halogens is 11. The fourth-order valence-corrected chi connectivity index (χ4v) is 4.18. The first-order valence-corrected chi connectivity index (χ1v) is 13.3. The molecule has 3 N–H and O–H groups in total. The van der Waals surface area contributed by atoms with Crippen molar-refractivity contribution >= 4 is 40.3 Å². The molecule has 0 bridgehead atoms. The lowest BCUT2D eigenvalue weighted by atomic mass is 10.1. The lowest BCUT2D eigenvalue weighted by Gasteiger charge is -2.16. The Morgan fingerprint density at radius 3 is 2.15 bits per heavy atom. The van der Waals surface area contributed by atoms with E-state index in [1.54, 1.807) is 0 Å². The minimum absolute atomic E-state index is 0.0252. The maximum absolute atomic E-state index is 13.8. The second-order valence-corrected chi connectivity index (χ2v) is 9.98. The zero-order valence-corrected chi connectivity index (χ0v) is 24.0. The number of aromatic nitrogens is 3. The Bertz CT molecular complexity index is 1800. The molecule has 2 aromatic carbocycles. The van der Waals surface area contributed by atoms with Crippen LogP contribution in [-0.2, 0) is 30.7 Å². The zero-order valence-electron chi connectivity index (χ0n) is 24.0. The molecule has 0 saturated heterocycles. The number of carbonyl (C=O) groups excluding carboxylic acids is 2. The van der Waals surface area contributed by atoms with Gasteiger partial charge in [-0.05, 0) is 48.0 Å². The summed E-state index contributed by atoms with van der Waals surface area (Å²) in [5.41, 5.74) is -3.86. The van der Waals surface area contributed by atoms with E-state index in [0.717, 1.165) is 34.9 Å². The van der Waals surface area contributed by atoms with E-state index in [2.05, 4.69) is 20.6 Å². The second kappa shape index (κ2) is 13.5. The molecular formula is C28H21F11N6O3. The van der Waals surface area contributed by atoms with Crippen LogP contribution in [0.1, 0.15) is 33.5 Å². The number of rotatable bonds is 10. The third-order valence-corrected chi connectivity index (χ3v) is 6.36. The summed E-state index contributed by atoms with van der Waals surface area (Å²) in [7, 11) is 1.26. The Morgan fingerprint density at radius 1 is 0.896 bits per heavy atom. The normalized spacial score (nSPS) is 12.4. The van der Waals surface area contributed by atoms with Gasteiger partial charge in [0.2, 0.25) is 17.7 Å². The number of ether oxygens (including phenoxy) is 1. The van der Waals surface area contributed by atoms with Crippen LogP contribution in [0.25, 0.3) is 11.2 Å². The summed E-state index contributed by atoms with van der Waals surface area (Å²) >= 11 is 0. The molecule has 2 aromatic heterocycles. The van der Waals surface area contributed by atoms with Crippen LogP contribution >= 0.6 is 0 Å². The predicted molar refractivity (Wildman–Crippen MR) is 147 cm³/mol. The van der Waals surface area contributed by atoms with Crippen molar-refractivity contribution in [2.75, 3.05) is 17.2 Å². The number of imidazole rings is 1. The highest BCUT2D eigenvalue weighted by atomic mass is 19.4. The average molecular weight is 698 g/mol. The van der Waals surface area contributed by atoms with Crippen molar-refractivity contribution in [3.05, 3.63) is 70.8 Å². The Morgan fingerprint density at radius 2 is 1.56 bits per heavy atom. The van der Waals surface area contributed by atoms with Gasteiger partial charge in [-0.15, -0.1) is 0 Å². The molecular weight excluding hydrogens is 677 g/mol. The number of hydrogen-bond donors (Lipinski definition) is 3. The van der Waals surface area contributed by atoms with E-state index in [-0.39, 0.29) is 28.4 Å². The fraction of sp³-hybridized carbons (Fsp3) is 0.286. The first-order valence-electron chi connectivity index (χ1n) is 13.3. The number of pyridine rings is 1. The third kappa shape index (κ3) is 9.00. The molecule has 9 nitrogen and oxygen atoms in total. The van der Waals surface area contributed by atoms with Crippen LogP contribution in [-0.4, -0.2) is 45.6 Å². The summed E-state index contributed by atoms with van der Waals surface area (Å²) in [6.45, 7) is -1.79. The van der Waals surface area contributed by atoms with Crippen molar-refractivity contribution < 1.29 is 62.6 Å². The molecule has 4 rings (SSSR count). The van der Waals surface area contributed by atoms with Gasteiger partial charge in [-0.25, -0.2) is 13.8 Å². The lowest BCUT2D eigenvalue weighted by Crippen LogP contribution is -2.28. The van der Waals surface area contributed by atoms with E-state index < -0.39 is 84.6 Å². The van der Waals surface area contributed by atoms with Gasteiger partial charge in [0.15, 0.2) is 12.3 Å². The molecule has 4 aromatic rings. The topological polar surface area (TPSA) is 110 Å². The monoisotopic (exact) mass is 698 g/mol. The van der Waals surface area contributed by atoms with Crippen molar-refractivity contribution in [1.29, 1.82) is 0 Å². The number of nitrogens with one attached hydrogen (secondary N) is 3. The standard InChI is InChI=1S/C28H21F11N6O3/c1-45-22-19(9-16(24(44-22)48-12-20(29)30)23(47)41-15-5-3-14(4-6-15)27(34,35)36)43-25(45)42-18-8-13(2-7-17(18)28(37,38)39)11-40-21(46)10-26(31,32)33/h2-9,20H,10-12H2,1H3,(H,40,46)(H,41,47)(H,42,43). The molecule has 0 atom stereocenters. The highest BCUT2D eigenvalue weighted by Gasteiger charge is 2.35. The van der Waals surface area contributed by atoms with Gasteiger partial charge in [0, 0.05) is 19.3 Å². The number of nitrogens with zero attached hydrogens (tertiary/aromatic N) is 3. The second-order valence-electron chi connectivity index (χ2n) is 9.98. The maximum atomic E-state index is 13.8. The number of aryl methyl sites for hydroxylation is 1. The third-order valence-electron chi connectivity index (χ3n) is 6.36. The van der Waals surface area contributed by atoms with Gasteiger partial charge < -0.3 is 20.7 Å². The average Bonchev–Trinajstić information content (AvgIpc) is 3.26. The van der Waals surface area contributed by atoms with E-state index >= 15 is 0 Å². The highest BCUT2D eigenvalue weighted by molar-refractivity contribution is 6.07. The molecule has 0 radical (unpaired) electrons. The summed E-state index contributed by atoms with van der Waals surface area (Å²) in [5.74, 6) is -3.47. The SMILES string of the molecule is Cn1c(Nc2cc(CNC(=O)CC(F)(F)F)ccc2C(F)(F)F)nc2cc(C(=O)Nc3ccc(C(F)(F)F)cc3)c(OCC(F)F)nc21. The van der Waals surface area contributed by atoms with Crippen LogP contribution in [0, 0.1) is 0 Å². The molecule has 2 amide bonds. The van der Waals surface area contributed by atoms with Crippen LogP contribution in [0.2, 0.25) is 0 Å². The quantitative estimate of drug-likeness (QED) is 0.151. The molecule has 0 aliphatic carbocycles. The number of hydrogen-bond acceptors (Lipinski definition) is 6. The smallest absolute Gasteiger partial charge is 0.418 e. The summed E-state index contributed by atoms with van der Waals surface area (Å²) < 4.78 is 150. The van der Waals surface area contributed by atoms with E-state index in [9.17, 15) is 57.9 Å². The van der Waals surface area contributed by atoms with Crippen molar-refractivity contribution in [3.63, 3.8) is 0 Å². The molecule has 48 heavy (non-hydrogen) atoms. The Hall–Kier alpha value is -5.17. The summed E-state index contributed by atoms with van der Waals surface area (Å²) in [5, 5.41) is 6.65. The first-order chi connectivity index (χ1) is 22.2. The molecule has 0 unspecified atom stereocenters. The van der Waals surface area contributed by atoms with Crippen LogP contribution in [0.15, 0.2) is 48.5 Å². The lowest BCUT2D eigenvalue weighted by molar-refractivity contribution is -0.154. The summed E-state index contributed by atoms with van der Waals surface area (Å²) in [6.07, 6.45) is -19.2. The van der Waals surface area contributed by atoms with Crippen molar-refractivity contribution in [3.8, 4) is 5.88 Å². The minimum Gasteiger partial charge on any atom is -0.471 e. The molecule has 0 spiro atoms.